The Kier molecular flexibility index (Phi) is 1.89. The van der Waals surface area contributed by atoms with Crippen molar-refractivity contribution in [3.05, 3.63) is 42.3 Å². The van der Waals surface area contributed by atoms with E-state index in [4.69, 9.17) is 14.6 Å². The molecule has 4 heteroatoms. The third-order valence-corrected chi connectivity index (χ3v) is 2.15. The third kappa shape index (κ3) is 1.95. The van der Waals surface area contributed by atoms with Gasteiger partial charge in [-0.15, -0.1) is 0 Å². The Morgan fingerprint density at radius 2 is 2.25 bits per heavy atom. The fourth-order valence-electron chi connectivity index (χ4n) is 1.35. The van der Waals surface area contributed by atoms with E-state index < -0.39 is 12.9 Å². The summed E-state index contributed by atoms with van der Waals surface area (Å²) in [5.74, 6) is -0.631. The lowest BCUT2D eigenvalue weighted by molar-refractivity contribution is 0.415. The molecule has 0 radical (unpaired) electrons. The van der Waals surface area contributed by atoms with Crippen LogP contribution in [0.1, 0.15) is 4.11 Å². The van der Waals surface area contributed by atoms with Crippen LogP contribution in [0, 0.1) is 5.82 Å². The highest BCUT2D eigenvalue weighted by Crippen LogP contribution is 2.24. The van der Waals surface area contributed by atoms with Crippen molar-refractivity contribution in [1.82, 2.24) is 4.98 Å². The minimum Gasteiger partial charge on any atom is -0.497 e. The zero-order valence-corrected chi connectivity index (χ0v) is 8.27. The van der Waals surface area contributed by atoms with Crippen molar-refractivity contribution < 1.29 is 13.2 Å². The molecule has 0 atom stereocenters. The van der Waals surface area contributed by atoms with E-state index in [0.29, 0.717) is 11.1 Å². The number of aromatic nitrogens is 1. The number of hydrogen-bond acceptors (Lipinski definition) is 3. The van der Waals surface area contributed by atoms with Crippen LogP contribution in [0.5, 0.6) is 5.75 Å². The number of methoxy groups -OCH3 is 1. The molecule has 0 spiro atoms. The van der Waals surface area contributed by atoms with Gasteiger partial charge in [0.25, 0.3) is 0 Å². The van der Waals surface area contributed by atoms with Crippen LogP contribution in [0.4, 0.5) is 10.2 Å². The molecule has 1 heterocycles. The second-order valence-corrected chi connectivity index (χ2v) is 3.22. The predicted octanol–water partition coefficient (Wildman–Crippen LogP) is 2.48. The van der Waals surface area contributed by atoms with Gasteiger partial charge in [-0.3, -0.25) is 0 Å². The maximum Gasteiger partial charge on any atom is 0.165 e. The average molecular weight is 221 g/mol. The van der Waals surface area contributed by atoms with Crippen LogP contribution in [0.2, 0.25) is 0 Å². The summed E-state index contributed by atoms with van der Waals surface area (Å²) in [7, 11) is -2.52. The van der Waals surface area contributed by atoms with Crippen molar-refractivity contribution in [2.75, 3.05) is 12.8 Å². The number of rotatable bonds is 2. The van der Waals surface area contributed by atoms with E-state index in [-0.39, 0.29) is 11.6 Å². The fraction of sp³-hybridized carbons (Fsp3) is 0.0833. The van der Waals surface area contributed by atoms with Gasteiger partial charge in [-0.05, 0) is 23.8 Å². The van der Waals surface area contributed by atoms with Crippen molar-refractivity contribution in [1.29, 1.82) is 0 Å². The van der Waals surface area contributed by atoms with E-state index in [1.807, 2.05) is 0 Å². The lowest BCUT2D eigenvalue weighted by atomic mass is 10.1. The molecule has 82 valence electrons. The topological polar surface area (TPSA) is 48.1 Å². The quantitative estimate of drug-likeness (QED) is 0.847. The largest absolute Gasteiger partial charge is 0.497 e. The van der Waals surface area contributed by atoms with E-state index >= 15 is 0 Å². The van der Waals surface area contributed by atoms with Gasteiger partial charge < -0.3 is 10.5 Å². The van der Waals surface area contributed by atoms with Gasteiger partial charge >= 0.3 is 0 Å². The SMILES string of the molecule is [2H]C([2H])([2H])Oc1cccc(-c2cnc(N)c(F)c2)c1. The van der Waals surface area contributed by atoms with Crippen molar-refractivity contribution >= 4 is 5.82 Å². The molecule has 0 aliphatic carbocycles. The first kappa shape index (κ1) is 7.22. The van der Waals surface area contributed by atoms with Crippen molar-refractivity contribution in [3.63, 3.8) is 0 Å². The second-order valence-electron chi connectivity index (χ2n) is 3.22. The first-order valence-corrected chi connectivity index (χ1v) is 4.56. The van der Waals surface area contributed by atoms with E-state index in [2.05, 4.69) is 4.98 Å². The molecule has 2 aromatic rings. The maximum atomic E-state index is 13.3. The number of benzene rings is 1. The van der Waals surface area contributed by atoms with Gasteiger partial charge in [0.15, 0.2) is 11.6 Å². The number of ether oxygens (including phenoxy) is 1. The molecular weight excluding hydrogens is 207 g/mol. The summed E-state index contributed by atoms with van der Waals surface area (Å²) in [5, 5.41) is 0. The van der Waals surface area contributed by atoms with Gasteiger partial charge in [0, 0.05) is 11.8 Å². The summed E-state index contributed by atoms with van der Waals surface area (Å²) in [6.45, 7) is 0. The minimum atomic E-state index is -2.52. The Bertz CT molecular complexity index is 602. The summed E-state index contributed by atoms with van der Waals surface area (Å²) < 4.78 is 39.2. The Balaban J connectivity index is 2.35. The minimum absolute atomic E-state index is 0.176. The smallest absolute Gasteiger partial charge is 0.165 e. The lowest BCUT2D eigenvalue weighted by Gasteiger charge is -2.05. The van der Waals surface area contributed by atoms with E-state index in [9.17, 15) is 4.39 Å². The number of nitrogens with zero attached hydrogens (tertiary/aromatic N) is 1. The highest BCUT2D eigenvalue weighted by Gasteiger charge is 2.04. The number of pyridine rings is 1. The predicted molar refractivity (Wildman–Crippen MR) is 60.6 cm³/mol. The molecule has 3 nitrogen and oxygen atoms in total. The van der Waals surface area contributed by atoms with Crippen LogP contribution in [0.3, 0.4) is 0 Å². The van der Waals surface area contributed by atoms with Gasteiger partial charge in [0.1, 0.15) is 5.75 Å². The molecular formula is C12H11FN2O. The Morgan fingerprint density at radius 3 is 3.00 bits per heavy atom. The molecule has 0 amide bonds. The summed E-state index contributed by atoms with van der Waals surface area (Å²) in [6.07, 6.45) is 1.41. The number of nitrogen functional groups attached to an aromatic ring is 1. The molecule has 0 unspecified atom stereocenters. The van der Waals surface area contributed by atoms with Crippen LogP contribution in [-0.4, -0.2) is 12.0 Å². The molecule has 1 aromatic carbocycles. The van der Waals surface area contributed by atoms with Gasteiger partial charge in [0.05, 0.1) is 11.2 Å². The Hall–Kier alpha value is -2.10. The standard InChI is InChI=1S/C12H11FN2O/c1-16-10-4-2-3-8(5-10)9-6-11(13)12(14)15-7-9/h2-7H,1H3,(H2,14,15)/i1D3. The van der Waals surface area contributed by atoms with Crippen molar-refractivity contribution in [3.8, 4) is 16.9 Å². The number of hydrogen-bond donors (Lipinski definition) is 1. The van der Waals surface area contributed by atoms with E-state index in [1.165, 1.54) is 24.4 Å². The van der Waals surface area contributed by atoms with Crippen LogP contribution in [0.25, 0.3) is 11.1 Å². The summed E-state index contributed by atoms with van der Waals surface area (Å²) in [6, 6.07) is 7.55. The Morgan fingerprint density at radius 1 is 1.38 bits per heavy atom. The zero-order chi connectivity index (χ0) is 14.0. The van der Waals surface area contributed by atoms with Gasteiger partial charge in [-0.1, -0.05) is 12.1 Å². The summed E-state index contributed by atoms with van der Waals surface area (Å²) in [5.41, 5.74) is 6.37. The molecule has 0 aliphatic rings. The highest BCUT2D eigenvalue weighted by molar-refractivity contribution is 5.65. The molecule has 0 fully saturated rings. The monoisotopic (exact) mass is 221 g/mol. The van der Waals surface area contributed by atoms with Gasteiger partial charge in [-0.2, -0.15) is 0 Å². The van der Waals surface area contributed by atoms with E-state index in [0.717, 1.165) is 0 Å². The maximum absolute atomic E-state index is 13.3. The molecule has 1 aromatic heterocycles. The Labute approximate surface area is 96.9 Å². The molecule has 2 N–H and O–H groups in total. The fourth-order valence-corrected chi connectivity index (χ4v) is 1.35. The summed E-state index contributed by atoms with van der Waals surface area (Å²) in [4.78, 5) is 3.71. The normalized spacial score (nSPS) is 13.7. The van der Waals surface area contributed by atoms with Crippen molar-refractivity contribution in [2.45, 2.75) is 0 Å². The molecule has 0 aliphatic heterocycles. The van der Waals surface area contributed by atoms with Crippen LogP contribution in [-0.2, 0) is 0 Å². The summed E-state index contributed by atoms with van der Waals surface area (Å²) >= 11 is 0. The van der Waals surface area contributed by atoms with Crippen LogP contribution in [0.15, 0.2) is 36.5 Å². The van der Waals surface area contributed by atoms with Crippen molar-refractivity contribution in [2.24, 2.45) is 0 Å². The van der Waals surface area contributed by atoms with Crippen LogP contribution >= 0.6 is 0 Å². The third-order valence-electron chi connectivity index (χ3n) is 2.15. The average Bonchev–Trinajstić information content (AvgIpc) is 2.31. The lowest BCUT2D eigenvalue weighted by Crippen LogP contribution is -1.94. The second kappa shape index (κ2) is 4.18. The van der Waals surface area contributed by atoms with Gasteiger partial charge in [-0.25, -0.2) is 9.37 Å². The zero-order valence-electron chi connectivity index (χ0n) is 11.3. The van der Waals surface area contributed by atoms with Crippen LogP contribution < -0.4 is 10.5 Å². The number of nitrogens with two attached hydrogens (primary N) is 1. The number of anilines is 1. The van der Waals surface area contributed by atoms with Gasteiger partial charge in [0.2, 0.25) is 0 Å². The molecule has 2 rings (SSSR count). The highest BCUT2D eigenvalue weighted by atomic mass is 19.1. The first-order valence-electron chi connectivity index (χ1n) is 6.06. The molecule has 0 saturated carbocycles. The first-order chi connectivity index (χ1) is 8.85. The molecule has 16 heavy (non-hydrogen) atoms. The van der Waals surface area contributed by atoms with E-state index in [1.54, 1.807) is 12.1 Å². The molecule has 0 saturated heterocycles. The number of halogens is 1. The molecule has 0 bridgehead atoms.